The standard InChI is InChI=1S/C21H36BNO5S/c1-15(2)12-13-26-16-10-11-17(22-27-20(6,7)21(8,9)28-22)18(14-16)29(24,25)23-19(3,4)5/h10-11,14-15,23H,12-13H2,1-9H3. The molecule has 2 rings (SSSR count). The molecule has 0 atom stereocenters. The molecule has 1 aromatic rings. The zero-order chi connectivity index (χ0) is 22.3. The second-order valence-electron chi connectivity index (χ2n) is 10.2. The van der Waals surface area contributed by atoms with Gasteiger partial charge in [-0.05, 0) is 72.9 Å². The summed E-state index contributed by atoms with van der Waals surface area (Å²) in [7, 11) is -4.60. The van der Waals surface area contributed by atoms with Crippen molar-refractivity contribution < 1.29 is 22.5 Å². The van der Waals surface area contributed by atoms with Gasteiger partial charge in [0.2, 0.25) is 10.0 Å². The van der Waals surface area contributed by atoms with Crippen LogP contribution in [-0.4, -0.2) is 38.9 Å². The first-order valence-corrected chi connectivity index (χ1v) is 11.7. The van der Waals surface area contributed by atoms with Crippen LogP contribution in [0, 0.1) is 5.92 Å². The highest BCUT2D eigenvalue weighted by Gasteiger charge is 2.53. The SMILES string of the molecule is CC(C)CCOc1ccc(B2OC(C)(C)C(C)(C)O2)c(S(=O)(=O)NC(C)(C)C)c1. The molecule has 8 heteroatoms. The van der Waals surface area contributed by atoms with E-state index in [2.05, 4.69) is 18.6 Å². The van der Waals surface area contributed by atoms with Crippen molar-refractivity contribution in [3.05, 3.63) is 18.2 Å². The molecule has 1 heterocycles. The average molecular weight is 425 g/mol. The highest BCUT2D eigenvalue weighted by atomic mass is 32.2. The van der Waals surface area contributed by atoms with Crippen molar-refractivity contribution in [3.63, 3.8) is 0 Å². The minimum atomic E-state index is -3.81. The van der Waals surface area contributed by atoms with Crippen LogP contribution < -0.4 is 14.9 Å². The minimum Gasteiger partial charge on any atom is -0.494 e. The third kappa shape index (κ3) is 5.97. The normalized spacial score (nSPS) is 19.0. The van der Waals surface area contributed by atoms with Gasteiger partial charge in [0.15, 0.2) is 0 Å². The maximum atomic E-state index is 13.2. The van der Waals surface area contributed by atoms with Gasteiger partial charge < -0.3 is 14.0 Å². The van der Waals surface area contributed by atoms with Gasteiger partial charge in [-0.25, -0.2) is 13.1 Å². The smallest absolute Gasteiger partial charge is 0.494 e. The number of ether oxygens (including phenoxy) is 1. The third-order valence-corrected chi connectivity index (χ3v) is 7.00. The fourth-order valence-electron chi connectivity index (χ4n) is 2.87. The molecular weight excluding hydrogens is 389 g/mol. The Kier molecular flexibility index (Phi) is 6.85. The molecule has 1 N–H and O–H groups in total. The number of sulfonamides is 1. The summed E-state index contributed by atoms with van der Waals surface area (Å²) in [5.74, 6) is 1.02. The third-order valence-electron chi connectivity index (χ3n) is 5.19. The number of hydrogen-bond acceptors (Lipinski definition) is 5. The molecular formula is C21H36BNO5S. The van der Waals surface area contributed by atoms with Crippen molar-refractivity contribution in [1.82, 2.24) is 4.72 Å². The van der Waals surface area contributed by atoms with E-state index in [0.717, 1.165) is 6.42 Å². The molecule has 0 unspecified atom stereocenters. The van der Waals surface area contributed by atoms with Crippen molar-refractivity contribution in [2.45, 2.75) is 90.4 Å². The van der Waals surface area contributed by atoms with Crippen molar-refractivity contribution in [2.24, 2.45) is 5.92 Å². The van der Waals surface area contributed by atoms with Crippen LogP contribution in [0.2, 0.25) is 0 Å². The monoisotopic (exact) mass is 425 g/mol. The maximum absolute atomic E-state index is 13.2. The quantitative estimate of drug-likeness (QED) is 0.677. The van der Waals surface area contributed by atoms with Gasteiger partial charge in [0.25, 0.3) is 0 Å². The minimum absolute atomic E-state index is 0.118. The fraction of sp³-hybridized carbons (Fsp3) is 0.714. The zero-order valence-electron chi connectivity index (χ0n) is 19.3. The Balaban J connectivity index is 2.45. The molecule has 0 bridgehead atoms. The van der Waals surface area contributed by atoms with E-state index in [0.29, 0.717) is 23.7 Å². The van der Waals surface area contributed by atoms with E-state index in [-0.39, 0.29) is 4.90 Å². The van der Waals surface area contributed by atoms with E-state index < -0.39 is 33.9 Å². The van der Waals surface area contributed by atoms with Crippen LogP contribution in [0.15, 0.2) is 23.1 Å². The van der Waals surface area contributed by atoms with Crippen LogP contribution in [0.3, 0.4) is 0 Å². The first-order chi connectivity index (χ1) is 13.0. The molecule has 0 amide bonds. The van der Waals surface area contributed by atoms with Crippen molar-refractivity contribution in [2.75, 3.05) is 6.61 Å². The van der Waals surface area contributed by atoms with Gasteiger partial charge in [-0.2, -0.15) is 0 Å². The molecule has 0 saturated carbocycles. The molecule has 1 aliphatic heterocycles. The van der Waals surface area contributed by atoms with E-state index >= 15 is 0 Å². The molecule has 29 heavy (non-hydrogen) atoms. The maximum Gasteiger partial charge on any atom is 0.496 e. The summed E-state index contributed by atoms with van der Waals surface area (Å²) in [5.41, 5.74) is -1.29. The molecule has 0 aromatic heterocycles. The molecule has 1 saturated heterocycles. The summed E-state index contributed by atoms with van der Waals surface area (Å²) in [5, 5.41) is 0. The summed E-state index contributed by atoms with van der Waals surface area (Å²) in [4.78, 5) is 0.118. The second kappa shape index (κ2) is 8.21. The van der Waals surface area contributed by atoms with E-state index in [1.807, 2.05) is 48.5 Å². The molecule has 1 aromatic carbocycles. The van der Waals surface area contributed by atoms with E-state index in [4.69, 9.17) is 14.0 Å². The molecule has 164 valence electrons. The van der Waals surface area contributed by atoms with E-state index in [1.165, 1.54) is 0 Å². The Morgan fingerprint density at radius 3 is 2.14 bits per heavy atom. The van der Waals surface area contributed by atoms with Gasteiger partial charge in [-0.15, -0.1) is 0 Å². The van der Waals surface area contributed by atoms with Crippen LogP contribution in [0.4, 0.5) is 0 Å². The summed E-state index contributed by atoms with van der Waals surface area (Å²) in [6.07, 6.45) is 0.890. The molecule has 6 nitrogen and oxygen atoms in total. The number of hydrogen-bond donors (Lipinski definition) is 1. The number of nitrogens with one attached hydrogen (secondary N) is 1. The highest BCUT2D eigenvalue weighted by molar-refractivity contribution is 7.89. The average Bonchev–Trinajstić information content (AvgIpc) is 2.72. The number of benzene rings is 1. The second-order valence-corrected chi connectivity index (χ2v) is 11.8. The molecule has 0 spiro atoms. The van der Waals surface area contributed by atoms with E-state index in [1.54, 1.807) is 18.2 Å². The van der Waals surface area contributed by atoms with Gasteiger partial charge in [-0.3, -0.25) is 0 Å². The first kappa shape index (κ1) is 24.2. The largest absolute Gasteiger partial charge is 0.496 e. The topological polar surface area (TPSA) is 73.9 Å². The van der Waals surface area contributed by atoms with Crippen molar-refractivity contribution >= 4 is 22.6 Å². The molecule has 1 aliphatic rings. The summed E-state index contributed by atoms with van der Waals surface area (Å²) >= 11 is 0. The Bertz CT molecular complexity index is 812. The van der Waals surface area contributed by atoms with Gasteiger partial charge in [0.05, 0.1) is 22.7 Å². The Morgan fingerprint density at radius 1 is 1.10 bits per heavy atom. The predicted molar refractivity (Wildman–Crippen MR) is 117 cm³/mol. The van der Waals surface area contributed by atoms with Gasteiger partial charge in [0.1, 0.15) is 5.75 Å². The zero-order valence-corrected chi connectivity index (χ0v) is 20.1. The van der Waals surface area contributed by atoms with Crippen molar-refractivity contribution in [1.29, 1.82) is 0 Å². The lowest BCUT2D eigenvalue weighted by molar-refractivity contribution is 0.00578. The van der Waals surface area contributed by atoms with Gasteiger partial charge in [0, 0.05) is 11.0 Å². The first-order valence-electron chi connectivity index (χ1n) is 10.2. The Morgan fingerprint density at radius 2 is 1.66 bits per heavy atom. The lowest BCUT2D eigenvalue weighted by Crippen LogP contribution is -2.45. The highest BCUT2D eigenvalue weighted by Crippen LogP contribution is 2.37. The lowest BCUT2D eigenvalue weighted by Gasteiger charge is -2.32. The van der Waals surface area contributed by atoms with Crippen LogP contribution in [-0.2, 0) is 19.3 Å². The Labute approximate surface area is 176 Å². The lowest BCUT2D eigenvalue weighted by atomic mass is 9.79. The van der Waals surface area contributed by atoms with Crippen LogP contribution >= 0.6 is 0 Å². The summed E-state index contributed by atoms with van der Waals surface area (Å²) in [6, 6.07) is 5.07. The molecule has 0 aliphatic carbocycles. The summed E-state index contributed by atoms with van der Waals surface area (Å²) in [6.45, 7) is 18.0. The molecule has 1 fully saturated rings. The summed E-state index contributed by atoms with van der Waals surface area (Å²) < 4.78 is 47.2. The number of rotatable bonds is 7. The fourth-order valence-corrected chi connectivity index (χ4v) is 4.53. The van der Waals surface area contributed by atoms with Gasteiger partial charge >= 0.3 is 7.12 Å². The van der Waals surface area contributed by atoms with Crippen molar-refractivity contribution in [3.8, 4) is 5.75 Å². The van der Waals surface area contributed by atoms with Gasteiger partial charge in [-0.1, -0.05) is 19.9 Å². The Hall–Kier alpha value is -1.09. The van der Waals surface area contributed by atoms with Crippen LogP contribution in [0.25, 0.3) is 0 Å². The molecule has 0 radical (unpaired) electrons. The van der Waals surface area contributed by atoms with Crippen LogP contribution in [0.5, 0.6) is 5.75 Å². The van der Waals surface area contributed by atoms with Crippen LogP contribution in [0.1, 0.15) is 68.7 Å². The predicted octanol–water partition coefficient (Wildman–Crippen LogP) is 3.49. The van der Waals surface area contributed by atoms with E-state index in [9.17, 15) is 8.42 Å².